The van der Waals surface area contributed by atoms with Gasteiger partial charge in [0.05, 0.1) is 5.69 Å². The molecule has 0 aromatic carbocycles. The van der Waals surface area contributed by atoms with E-state index in [1.165, 1.54) is 12.8 Å². The molecule has 1 saturated heterocycles. The van der Waals surface area contributed by atoms with E-state index in [9.17, 15) is 0 Å². The molecule has 0 spiro atoms. The number of aromatic nitrogens is 4. The number of hydrogen-bond acceptors (Lipinski definition) is 4. The lowest BCUT2D eigenvalue weighted by atomic mass is 10.4. The Kier molecular flexibility index (Phi) is 2.74. The van der Waals surface area contributed by atoms with Gasteiger partial charge in [0, 0.05) is 31.2 Å². The van der Waals surface area contributed by atoms with Crippen molar-refractivity contribution in [3.8, 4) is 5.82 Å². The van der Waals surface area contributed by atoms with E-state index < -0.39 is 0 Å². The molecule has 18 heavy (non-hydrogen) atoms. The largest absolute Gasteiger partial charge is 0.353 e. The number of hydrogen-bond donors (Lipinski definition) is 0. The molecule has 0 amide bonds. The van der Waals surface area contributed by atoms with Gasteiger partial charge in [0.1, 0.15) is 0 Å². The summed E-state index contributed by atoms with van der Waals surface area (Å²) in [6.45, 7) is 6.16. The van der Waals surface area contributed by atoms with Gasteiger partial charge in [-0.05, 0) is 32.8 Å². The third kappa shape index (κ3) is 1.85. The maximum atomic E-state index is 4.50. The van der Waals surface area contributed by atoms with Gasteiger partial charge in [-0.1, -0.05) is 0 Å². The van der Waals surface area contributed by atoms with E-state index in [0.717, 1.165) is 36.1 Å². The fraction of sp³-hybridized carbons (Fsp3) is 0.462. The molecule has 5 heteroatoms. The molecular formula is C13H17N5. The van der Waals surface area contributed by atoms with Crippen LogP contribution in [0.15, 0.2) is 18.5 Å². The quantitative estimate of drug-likeness (QED) is 0.808. The van der Waals surface area contributed by atoms with Crippen LogP contribution in [0.4, 0.5) is 5.82 Å². The molecule has 1 aliphatic rings. The van der Waals surface area contributed by atoms with Crippen LogP contribution in [-0.2, 0) is 0 Å². The molecule has 2 aromatic heterocycles. The van der Waals surface area contributed by atoms with Crippen LogP contribution in [-0.4, -0.2) is 32.8 Å². The average molecular weight is 243 g/mol. The molecule has 0 bridgehead atoms. The zero-order chi connectivity index (χ0) is 12.5. The fourth-order valence-corrected chi connectivity index (χ4v) is 2.47. The highest BCUT2D eigenvalue weighted by Gasteiger charge is 2.20. The maximum absolute atomic E-state index is 4.50. The van der Waals surface area contributed by atoms with Gasteiger partial charge in [-0.25, -0.2) is 14.6 Å². The van der Waals surface area contributed by atoms with Gasteiger partial charge in [0.2, 0.25) is 0 Å². The summed E-state index contributed by atoms with van der Waals surface area (Å²) in [5.74, 6) is 1.78. The zero-order valence-corrected chi connectivity index (χ0v) is 10.8. The van der Waals surface area contributed by atoms with Crippen molar-refractivity contribution in [2.75, 3.05) is 18.0 Å². The lowest BCUT2D eigenvalue weighted by molar-refractivity contribution is 0.784. The summed E-state index contributed by atoms with van der Waals surface area (Å²) < 4.78 is 1.88. The fourth-order valence-electron chi connectivity index (χ4n) is 2.47. The summed E-state index contributed by atoms with van der Waals surface area (Å²) in [6, 6.07) is 2.06. The second-order valence-corrected chi connectivity index (χ2v) is 4.74. The summed E-state index contributed by atoms with van der Waals surface area (Å²) in [7, 11) is 0. The lowest BCUT2D eigenvalue weighted by Gasteiger charge is -2.19. The topological polar surface area (TPSA) is 46.8 Å². The minimum absolute atomic E-state index is 0.838. The SMILES string of the molecule is Cc1cc(C)n(-c2nccnc2N2CCCC2)n1. The molecule has 1 fully saturated rings. The predicted molar refractivity (Wildman–Crippen MR) is 70.1 cm³/mol. The van der Waals surface area contributed by atoms with E-state index in [-0.39, 0.29) is 0 Å². The second kappa shape index (κ2) is 4.40. The molecule has 0 atom stereocenters. The number of nitrogens with zero attached hydrogens (tertiary/aromatic N) is 5. The average Bonchev–Trinajstić information content (AvgIpc) is 2.99. The first-order valence-electron chi connectivity index (χ1n) is 6.35. The van der Waals surface area contributed by atoms with Crippen LogP contribution in [0.2, 0.25) is 0 Å². The first kappa shape index (κ1) is 11.2. The molecule has 0 aliphatic carbocycles. The third-order valence-corrected chi connectivity index (χ3v) is 3.28. The van der Waals surface area contributed by atoms with E-state index in [0.29, 0.717) is 0 Å². The minimum atomic E-state index is 0.838. The summed E-state index contributed by atoms with van der Waals surface area (Å²) in [5, 5.41) is 4.50. The molecule has 0 radical (unpaired) electrons. The lowest BCUT2D eigenvalue weighted by Crippen LogP contribution is -2.22. The van der Waals surface area contributed by atoms with Crippen LogP contribution in [0.1, 0.15) is 24.2 Å². The van der Waals surface area contributed by atoms with Crippen molar-refractivity contribution < 1.29 is 0 Å². The van der Waals surface area contributed by atoms with Gasteiger partial charge in [0.25, 0.3) is 0 Å². The van der Waals surface area contributed by atoms with E-state index in [4.69, 9.17) is 0 Å². The summed E-state index contributed by atoms with van der Waals surface area (Å²) >= 11 is 0. The Morgan fingerprint density at radius 2 is 1.67 bits per heavy atom. The van der Waals surface area contributed by atoms with Gasteiger partial charge < -0.3 is 4.90 Å². The molecular weight excluding hydrogens is 226 g/mol. The van der Waals surface area contributed by atoms with E-state index in [1.54, 1.807) is 12.4 Å². The normalized spacial score (nSPS) is 15.3. The Morgan fingerprint density at radius 3 is 2.28 bits per heavy atom. The highest BCUT2D eigenvalue weighted by molar-refractivity contribution is 5.53. The minimum Gasteiger partial charge on any atom is -0.353 e. The summed E-state index contributed by atoms with van der Waals surface area (Å²) in [6.07, 6.45) is 5.94. The second-order valence-electron chi connectivity index (χ2n) is 4.74. The number of anilines is 1. The van der Waals surface area contributed by atoms with Crippen molar-refractivity contribution in [3.05, 3.63) is 29.8 Å². The Hall–Kier alpha value is -1.91. The highest BCUT2D eigenvalue weighted by atomic mass is 15.4. The predicted octanol–water partition coefficient (Wildman–Crippen LogP) is 1.88. The standard InChI is InChI=1S/C13H17N5/c1-10-9-11(2)18(16-10)13-12(14-5-6-15-13)17-7-3-4-8-17/h5-6,9H,3-4,7-8H2,1-2H3. The van der Waals surface area contributed by atoms with E-state index in [1.807, 2.05) is 18.5 Å². The molecule has 5 nitrogen and oxygen atoms in total. The maximum Gasteiger partial charge on any atom is 0.197 e. The van der Waals surface area contributed by atoms with Crippen molar-refractivity contribution in [2.24, 2.45) is 0 Å². The first-order chi connectivity index (χ1) is 8.75. The van der Waals surface area contributed by atoms with E-state index in [2.05, 4.69) is 26.0 Å². The summed E-state index contributed by atoms with van der Waals surface area (Å²) in [5.41, 5.74) is 2.10. The Balaban J connectivity index is 2.08. The Morgan fingerprint density at radius 1 is 1.00 bits per heavy atom. The molecule has 3 rings (SSSR count). The molecule has 0 unspecified atom stereocenters. The van der Waals surface area contributed by atoms with Crippen LogP contribution in [0.3, 0.4) is 0 Å². The van der Waals surface area contributed by atoms with Gasteiger partial charge in [0.15, 0.2) is 11.6 Å². The van der Waals surface area contributed by atoms with Crippen molar-refractivity contribution in [3.63, 3.8) is 0 Å². The van der Waals surface area contributed by atoms with Gasteiger partial charge in [-0.2, -0.15) is 5.10 Å². The molecule has 0 N–H and O–H groups in total. The molecule has 3 heterocycles. The molecule has 0 saturated carbocycles. The van der Waals surface area contributed by atoms with Crippen LogP contribution < -0.4 is 4.90 Å². The van der Waals surface area contributed by atoms with Gasteiger partial charge in [-0.3, -0.25) is 0 Å². The van der Waals surface area contributed by atoms with Crippen molar-refractivity contribution in [1.29, 1.82) is 0 Å². The molecule has 1 aliphatic heterocycles. The smallest absolute Gasteiger partial charge is 0.197 e. The highest BCUT2D eigenvalue weighted by Crippen LogP contribution is 2.23. The zero-order valence-electron chi connectivity index (χ0n) is 10.8. The molecule has 2 aromatic rings. The first-order valence-corrected chi connectivity index (χ1v) is 6.35. The monoisotopic (exact) mass is 243 g/mol. The third-order valence-electron chi connectivity index (χ3n) is 3.28. The van der Waals surface area contributed by atoms with Crippen molar-refractivity contribution >= 4 is 5.82 Å². The van der Waals surface area contributed by atoms with Crippen LogP contribution in [0.25, 0.3) is 5.82 Å². The Bertz CT molecular complexity index is 554. The summed E-state index contributed by atoms with van der Waals surface area (Å²) in [4.78, 5) is 11.2. The molecule has 94 valence electrons. The number of rotatable bonds is 2. The van der Waals surface area contributed by atoms with Crippen molar-refractivity contribution in [2.45, 2.75) is 26.7 Å². The van der Waals surface area contributed by atoms with Gasteiger partial charge >= 0.3 is 0 Å². The van der Waals surface area contributed by atoms with Crippen LogP contribution >= 0.6 is 0 Å². The van der Waals surface area contributed by atoms with E-state index >= 15 is 0 Å². The van der Waals surface area contributed by atoms with Crippen molar-refractivity contribution in [1.82, 2.24) is 19.7 Å². The Labute approximate surface area is 106 Å². The van der Waals surface area contributed by atoms with Gasteiger partial charge in [-0.15, -0.1) is 0 Å². The number of aryl methyl sites for hydroxylation is 2. The van der Waals surface area contributed by atoms with Crippen LogP contribution in [0.5, 0.6) is 0 Å². The van der Waals surface area contributed by atoms with Crippen LogP contribution in [0, 0.1) is 13.8 Å².